The lowest BCUT2D eigenvalue weighted by Crippen LogP contribution is -2.40. The van der Waals surface area contributed by atoms with Gasteiger partial charge in [0.2, 0.25) is 21.8 Å². The summed E-state index contributed by atoms with van der Waals surface area (Å²) in [6.45, 7) is 3.39. The lowest BCUT2D eigenvalue weighted by atomic mass is 10.1. The number of aryl methyl sites for hydroxylation is 2. The minimum Gasteiger partial charge on any atom is -0.350 e. The van der Waals surface area contributed by atoms with E-state index < -0.39 is 10.0 Å². The van der Waals surface area contributed by atoms with Gasteiger partial charge in [0.15, 0.2) is 0 Å². The van der Waals surface area contributed by atoms with Crippen molar-refractivity contribution in [1.29, 1.82) is 0 Å². The number of amides is 2. The third kappa shape index (κ3) is 5.28. The molecule has 7 nitrogen and oxygen atoms in total. The van der Waals surface area contributed by atoms with Gasteiger partial charge in [-0.1, -0.05) is 30.7 Å². The smallest absolute Gasteiger partial charge is 0.243 e. The van der Waals surface area contributed by atoms with Gasteiger partial charge in [-0.25, -0.2) is 8.42 Å². The maximum Gasteiger partial charge on any atom is 0.243 e. The fourth-order valence-corrected chi connectivity index (χ4v) is 6.08. The number of fused-ring (bicyclic) bond motifs is 1. The first-order chi connectivity index (χ1) is 15.9. The van der Waals surface area contributed by atoms with Crippen molar-refractivity contribution in [2.75, 3.05) is 24.5 Å². The summed E-state index contributed by atoms with van der Waals surface area (Å²) in [6.07, 6.45) is 4.37. The number of anilines is 1. The zero-order valence-corrected chi connectivity index (χ0v) is 19.9. The number of carbonyl (C=O) groups is 2. The molecule has 8 heteroatoms. The van der Waals surface area contributed by atoms with E-state index in [2.05, 4.69) is 5.32 Å². The molecule has 1 saturated heterocycles. The van der Waals surface area contributed by atoms with E-state index in [1.54, 1.807) is 22.5 Å². The second kappa shape index (κ2) is 10.1. The van der Waals surface area contributed by atoms with Crippen LogP contribution in [0.5, 0.6) is 0 Å². The quantitative estimate of drug-likeness (QED) is 0.704. The number of hydrogen-bond donors (Lipinski definition) is 1. The Morgan fingerprint density at radius 1 is 1.00 bits per heavy atom. The van der Waals surface area contributed by atoms with Gasteiger partial charge in [0, 0.05) is 31.7 Å². The molecule has 0 aliphatic carbocycles. The summed E-state index contributed by atoms with van der Waals surface area (Å²) in [5.41, 5.74) is 3.55. The number of rotatable bonds is 6. The van der Waals surface area contributed by atoms with E-state index in [9.17, 15) is 18.0 Å². The van der Waals surface area contributed by atoms with Gasteiger partial charge in [0.05, 0.1) is 4.90 Å². The van der Waals surface area contributed by atoms with Gasteiger partial charge in [-0.05, 0) is 67.5 Å². The first-order valence-electron chi connectivity index (χ1n) is 11.6. The van der Waals surface area contributed by atoms with Crippen LogP contribution in [0.15, 0.2) is 47.4 Å². The number of carbonyl (C=O) groups excluding carboxylic acids is 2. The summed E-state index contributed by atoms with van der Waals surface area (Å²) in [7, 11) is -3.55. The Kier molecular flexibility index (Phi) is 7.14. The summed E-state index contributed by atoms with van der Waals surface area (Å²) in [5, 5.41) is 2.90. The molecule has 2 aromatic carbocycles. The summed E-state index contributed by atoms with van der Waals surface area (Å²) in [6, 6.07) is 12.8. The zero-order valence-electron chi connectivity index (χ0n) is 19.0. The molecule has 33 heavy (non-hydrogen) atoms. The first kappa shape index (κ1) is 23.4. The second-order valence-electron chi connectivity index (χ2n) is 8.79. The number of sulfonamides is 1. The van der Waals surface area contributed by atoms with Gasteiger partial charge in [0.1, 0.15) is 6.54 Å². The number of piperidine rings is 1. The van der Waals surface area contributed by atoms with Crippen molar-refractivity contribution in [1.82, 2.24) is 9.62 Å². The van der Waals surface area contributed by atoms with Crippen LogP contribution in [0, 0.1) is 6.92 Å². The highest BCUT2D eigenvalue weighted by Crippen LogP contribution is 2.31. The van der Waals surface area contributed by atoms with Crippen molar-refractivity contribution in [3.8, 4) is 0 Å². The Balaban J connectivity index is 1.52. The van der Waals surface area contributed by atoms with Gasteiger partial charge >= 0.3 is 0 Å². The molecule has 1 fully saturated rings. The third-order valence-electron chi connectivity index (χ3n) is 6.47. The van der Waals surface area contributed by atoms with Gasteiger partial charge in [-0.15, -0.1) is 0 Å². The normalized spacial score (nSPS) is 17.4. The minimum absolute atomic E-state index is 0.0874. The summed E-state index contributed by atoms with van der Waals surface area (Å²) in [5.74, 6) is -0.365. The Morgan fingerprint density at radius 3 is 2.52 bits per heavy atom. The monoisotopic (exact) mass is 469 g/mol. The highest BCUT2D eigenvalue weighted by atomic mass is 32.2. The molecule has 0 aromatic heterocycles. The molecule has 2 aliphatic heterocycles. The molecule has 2 amide bonds. The molecule has 1 N–H and O–H groups in total. The molecule has 2 aliphatic rings. The van der Waals surface area contributed by atoms with E-state index in [1.807, 2.05) is 31.2 Å². The van der Waals surface area contributed by atoms with Crippen molar-refractivity contribution in [2.45, 2.75) is 56.9 Å². The maximum atomic E-state index is 13.1. The van der Waals surface area contributed by atoms with Crippen LogP contribution in [0.25, 0.3) is 0 Å². The Morgan fingerprint density at radius 2 is 1.76 bits per heavy atom. The number of nitrogens with one attached hydrogen (secondary N) is 1. The van der Waals surface area contributed by atoms with Crippen molar-refractivity contribution < 1.29 is 18.0 Å². The molecule has 176 valence electrons. The van der Waals surface area contributed by atoms with Crippen LogP contribution in [-0.2, 0) is 32.6 Å². The molecule has 4 rings (SSSR count). The van der Waals surface area contributed by atoms with Gasteiger partial charge in [-0.2, -0.15) is 4.31 Å². The highest BCUT2D eigenvalue weighted by Gasteiger charge is 2.29. The Bertz CT molecular complexity index is 1140. The van der Waals surface area contributed by atoms with E-state index in [0.717, 1.165) is 36.0 Å². The van der Waals surface area contributed by atoms with Crippen LogP contribution in [0.3, 0.4) is 0 Å². The SMILES string of the molecule is Cc1ccccc1CNC(=O)CN1C(=O)CCCc2cc(S(=O)(=O)N3CCCCC3)ccc21. The van der Waals surface area contributed by atoms with Gasteiger partial charge in [-0.3, -0.25) is 9.59 Å². The van der Waals surface area contributed by atoms with Gasteiger partial charge in [0.25, 0.3) is 0 Å². The van der Waals surface area contributed by atoms with Crippen LogP contribution in [0.1, 0.15) is 48.8 Å². The van der Waals surface area contributed by atoms with Crippen molar-refractivity contribution in [3.63, 3.8) is 0 Å². The average Bonchev–Trinajstić information content (AvgIpc) is 2.97. The van der Waals surface area contributed by atoms with Crippen LogP contribution in [-0.4, -0.2) is 44.2 Å². The van der Waals surface area contributed by atoms with E-state index in [1.165, 1.54) is 4.90 Å². The number of benzene rings is 2. The van der Waals surface area contributed by atoms with Crippen molar-refractivity contribution >= 4 is 27.5 Å². The highest BCUT2D eigenvalue weighted by molar-refractivity contribution is 7.89. The Hall–Kier alpha value is -2.71. The lowest BCUT2D eigenvalue weighted by Gasteiger charge is -2.27. The summed E-state index contributed by atoms with van der Waals surface area (Å²) < 4.78 is 27.8. The fraction of sp³-hybridized carbons (Fsp3) is 0.440. The molecule has 0 radical (unpaired) electrons. The molecule has 0 atom stereocenters. The van der Waals surface area contributed by atoms with E-state index in [0.29, 0.717) is 44.6 Å². The van der Waals surface area contributed by atoms with Crippen molar-refractivity contribution in [2.24, 2.45) is 0 Å². The molecule has 0 saturated carbocycles. The topological polar surface area (TPSA) is 86.8 Å². The molecule has 0 bridgehead atoms. The van der Waals surface area contributed by atoms with Gasteiger partial charge < -0.3 is 10.2 Å². The summed E-state index contributed by atoms with van der Waals surface area (Å²) >= 11 is 0. The molecule has 0 spiro atoms. The summed E-state index contributed by atoms with van der Waals surface area (Å²) in [4.78, 5) is 27.2. The average molecular weight is 470 g/mol. The van der Waals surface area contributed by atoms with E-state index in [4.69, 9.17) is 0 Å². The Labute approximate surface area is 195 Å². The molecule has 2 heterocycles. The predicted molar refractivity (Wildman–Crippen MR) is 127 cm³/mol. The molecular formula is C25H31N3O4S. The van der Waals surface area contributed by atoms with Crippen LogP contribution in [0.2, 0.25) is 0 Å². The molecular weight excluding hydrogens is 438 g/mol. The van der Waals surface area contributed by atoms with Crippen LogP contribution < -0.4 is 10.2 Å². The second-order valence-corrected chi connectivity index (χ2v) is 10.7. The van der Waals surface area contributed by atoms with Crippen LogP contribution in [0.4, 0.5) is 5.69 Å². The maximum absolute atomic E-state index is 13.1. The largest absolute Gasteiger partial charge is 0.350 e. The lowest BCUT2D eigenvalue weighted by molar-refractivity contribution is -0.123. The third-order valence-corrected chi connectivity index (χ3v) is 8.37. The number of hydrogen-bond acceptors (Lipinski definition) is 4. The molecule has 2 aromatic rings. The van der Waals surface area contributed by atoms with E-state index in [-0.39, 0.29) is 23.3 Å². The number of nitrogens with zero attached hydrogens (tertiary/aromatic N) is 2. The van der Waals surface area contributed by atoms with E-state index >= 15 is 0 Å². The minimum atomic E-state index is -3.55. The first-order valence-corrected chi connectivity index (χ1v) is 13.0. The standard InChI is InChI=1S/C25H31N3O4S/c1-19-8-3-4-9-21(19)17-26-24(29)18-28-23-13-12-22(16-20(23)10-7-11-25(28)30)33(31,32)27-14-5-2-6-15-27/h3-4,8-9,12-13,16H,2,5-7,10-11,14-15,17-18H2,1H3,(H,26,29). The van der Waals surface area contributed by atoms with Crippen LogP contribution >= 0.6 is 0 Å². The predicted octanol–water partition coefficient (Wildman–Crippen LogP) is 3.16. The fourth-order valence-electron chi connectivity index (χ4n) is 4.51. The zero-order chi connectivity index (χ0) is 23.4. The molecule has 0 unspecified atom stereocenters. The van der Waals surface area contributed by atoms with Crippen molar-refractivity contribution in [3.05, 3.63) is 59.2 Å².